The first-order chi connectivity index (χ1) is 14.5. The Bertz CT molecular complexity index is 1070. The van der Waals surface area contributed by atoms with E-state index in [2.05, 4.69) is 0 Å². The number of halogens is 1. The molecule has 1 aliphatic heterocycles. The maximum atomic E-state index is 13.5. The number of anilines is 1. The molecule has 0 aromatic heterocycles. The van der Waals surface area contributed by atoms with Gasteiger partial charge in [0.15, 0.2) is 3.42 Å². The summed E-state index contributed by atoms with van der Waals surface area (Å²) < 4.78 is -1.42. The summed E-state index contributed by atoms with van der Waals surface area (Å²) in [4.78, 5) is 42.6. The van der Waals surface area contributed by atoms with Gasteiger partial charge in [0.25, 0.3) is 11.8 Å². The standard InChI is InChI=1S/C24H19IN2O3/c25-24(16-18-10-4-1-5-11-18)21(28)26(17-19-12-6-2-7-13-19)23(30)27(22(24)29)20-14-8-3-9-15-20/h1-15H,16-17H2. The molecule has 4 rings (SSSR count). The van der Waals surface area contributed by atoms with Crippen molar-refractivity contribution in [3.63, 3.8) is 0 Å². The molecule has 1 fully saturated rings. The molecule has 6 heteroatoms. The third-order valence-corrected chi connectivity index (χ3v) is 6.34. The summed E-state index contributed by atoms with van der Waals surface area (Å²) in [6.07, 6.45) is 0.202. The van der Waals surface area contributed by atoms with E-state index in [1.165, 1.54) is 4.90 Å². The van der Waals surface area contributed by atoms with Crippen LogP contribution in [0.5, 0.6) is 0 Å². The summed E-state index contributed by atoms with van der Waals surface area (Å²) in [5.41, 5.74) is 2.13. The first-order valence-electron chi connectivity index (χ1n) is 9.53. The molecule has 1 saturated heterocycles. The van der Waals surface area contributed by atoms with E-state index in [9.17, 15) is 14.4 Å². The highest BCUT2D eigenvalue weighted by molar-refractivity contribution is 14.1. The fraction of sp³-hybridized carbons (Fsp3) is 0.125. The number of hydrogen-bond acceptors (Lipinski definition) is 3. The zero-order chi connectivity index (χ0) is 21.1. The zero-order valence-electron chi connectivity index (χ0n) is 16.1. The minimum Gasteiger partial charge on any atom is -0.272 e. The minimum atomic E-state index is -1.42. The summed E-state index contributed by atoms with van der Waals surface area (Å²) in [6.45, 7) is 0.106. The van der Waals surface area contributed by atoms with E-state index < -0.39 is 21.3 Å². The molecule has 3 aromatic carbocycles. The number of para-hydroxylation sites is 1. The zero-order valence-corrected chi connectivity index (χ0v) is 18.2. The smallest absolute Gasteiger partial charge is 0.272 e. The van der Waals surface area contributed by atoms with Crippen molar-refractivity contribution >= 4 is 46.1 Å². The Kier molecular flexibility index (Phi) is 5.67. The number of rotatable bonds is 5. The molecule has 0 bridgehead atoms. The molecular weight excluding hydrogens is 491 g/mol. The molecule has 3 aromatic rings. The Labute approximate surface area is 188 Å². The van der Waals surface area contributed by atoms with E-state index in [0.717, 1.165) is 16.0 Å². The van der Waals surface area contributed by atoms with Crippen LogP contribution in [-0.2, 0) is 22.6 Å². The van der Waals surface area contributed by atoms with Crippen molar-refractivity contribution in [2.45, 2.75) is 16.4 Å². The number of amides is 4. The molecule has 0 saturated carbocycles. The monoisotopic (exact) mass is 510 g/mol. The number of carbonyl (C=O) groups excluding carboxylic acids is 3. The Balaban J connectivity index is 1.78. The number of benzene rings is 3. The average molecular weight is 510 g/mol. The van der Waals surface area contributed by atoms with Crippen LogP contribution in [0.1, 0.15) is 11.1 Å². The van der Waals surface area contributed by atoms with Gasteiger partial charge in [-0.2, -0.15) is 0 Å². The molecule has 1 heterocycles. The third kappa shape index (κ3) is 3.75. The number of alkyl halides is 1. The van der Waals surface area contributed by atoms with Gasteiger partial charge < -0.3 is 0 Å². The van der Waals surface area contributed by atoms with E-state index in [4.69, 9.17) is 0 Å². The van der Waals surface area contributed by atoms with Gasteiger partial charge in [0.1, 0.15) is 0 Å². The van der Waals surface area contributed by atoms with Gasteiger partial charge in [-0.05, 0) is 23.3 Å². The lowest BCUT2D eigenvalue weighted by atomic mass is 9.94. The molecule has 0 spiro atoms. The maximum absolute atomic E-state index is 13.5. The second-order valence-electron chi connectivity index (χ2n) is 7.10. The van der Waals surface area contributed by atoms with Crippen molar-refractivity contribution in [2.75, 3.05) is 4.90 Å². The summed E-state index contributed by atoms with van der Waals surface area (Å²) in [6, 6.07) is 26.8. The van der Waals surface area contributed by atoms with E-state index in [-0.39, 0.29) is 13.0 Å². The molecule has 30 heavy (non-hydrogen) atoms. The second-order valence-corrected chi connectivity index (χ2v) is 8.94. The van der Waals surface area contributed by atoms with Crippen LogP contribution in [0, 0.1) is 0 Å². The highest BCUT2D eigenvalue weighted by Crippen LogP contribution is 2.36. The van der Waals surface area contributed by atoms with E-state index in [1.807, 2.05) is 89.3 Å². The topological polar surface area (TPSA) is 57.7 Å². The summed E-state index contributed by atoms with van der Waals surface area (Å²) in [7, 11) is 0. The molecule has 1 atom stereocenters. The number of nitrogens with zero attached hydrogens (tertiary/aromatic N) is 2. The van der Waals surface area contributed by atoms with Crippen LogP contribution in [0.15, 0.2) is 91.0 Å². The first-order valence-corrected chi connectivity index (χ1v) is 10.6. The average Bonchev–Trinajstić information content (AvgIpc) is 2.78. The largest absolute Gasteiger partial charge is 0.338 e. The fourth-order valence-electron chi connectivity index (χ4n) is 3.52. The van der Waals surface area contributed by atoms with Crippen LogP contribution in [0.4, 0.5) is 10.5 Å². The highest BCUT2D eigenvalue weighted by atomic mass is 127. The highest BCUT2D eigenvalue weighted by Gasteiger charge is 2.56. The minimum absolute atomic E-state index is 0.106. The van der Waals surface area contributed by atoms with Gasteiger partial charge in [0.2, 0.25) is 0 Å². The van der Waals surface area contributed by atoms with Gasteiger partial charge in [-0.25, -0.2) is 9.69 Å². The molecule has 4 amide bonds. The van der Waals surface area contributed by atoms with Crippen LogP contribution >= 0.6 is 22.6 Å². The van der Waals surface area contributed by atoms with Crippen LogP contribution in [0.25, 0.3) is 0 Å². The molecule has 150 valence electrons. The Morgan fingerprint density at radius 3 is 1.73 bits per heavy atom. The first kappa shape index (κ1) is 20.3. The van der Waals surface area contributed by atoms with Gasteiger partial charge in [-0.15, -0.1) is 0 Å². The van der Waals surface area contributed by atoms with E-state index >= 15 is 0 Å². The summed E-state index contributed by atoms with van der Waals surface area (Å²) >= 11 is 1.92. The third-order valence-electron chi connectivity index (χ3n) is 5.04. The van der Waals surface area contributed by atoms with Crippen molar-refractivity contribution in [3.8, 4) is 0 Å². The van der Waals surface area contributed by atoms with E-state index in [1.54, 1.807) is 24.3 Å². The van der Waals surface area contributed by atoms with Gasteiger partial charge in [0, 0.05) is 6.42 Å². The predicted octanol–water partition coefficient (Wildman–Crippen LogP) is 4.60. The van der Waals surface area contributed by atoms with Crippen molar-refractivity contribution in [1.29, 1.82) is 0 Å². The van der Waals surface area contributed by atoms with Crippen molar-refractivity contribution in [3.05, 3.63) is 102 Å². The van der Waals surface area contributed by atoms with Crippen molar-refractivity contribution in [1.82, 2.24) is 4.90 Å². The van der Waals surface area contributed by atoms with E-state index in [0.29, 0.717) is 5.69 Å². The SMILES string of the molecule is O=C1N(Cc2ccccc2)C(=O)C(I)(Cc2ccccc2)C(=O)N1c1ccccc1. The molecule has 0 N–H and O–H groups in total. The van der Waals surface area contributed by atoms with Crippen LogP contribution in [-0.4, -0.2) is 26.2 Å². The number of hydrogen-bond donors (Lipinski definition) is 0. The van der Waals surface area contributed by atoms with Gasteiger partial charge in [0.05, 0.1) is 12.2 Å². The number of urea groups is 1. The lowest BCUT2D eigenvalue weighted by molar-refractivity contribution is -0.138. The Morgan fingerprint density at radius 2 is 1.17 bits per heavy atom. The second kappa shape index (κ2) is 8.39. The number of barbiturate groups is 1. The summed E-state index contributed by atoms with van der Waals surface area (Å²) in [5.74, 6) is -1.00. The lowest BCUT2D eigenvalue weighted by Gasteiger charge is -2.41. The molecule has 1 unspecified atom stereocenters. The quantitative estimate of drug-likeness (QED) is 0.287. The molecule has 5 nitrogen and oxygen atoms in total. The molecule has 0 radical (unpaired) electrons. The van der Waals surface area contributed by atoms with Gasteiger partial charge >= 0.3 is 6.03 Å². The summed E-state index contributed by atoms with van der Waals surface area (Å²) in [5, 5.41) is 0. The maximum Gasteiger partial charge on any atom is 0.338 e. The van der Waals surface area contributed by atoms with Crippen LogP contribution < -0.4 is 4.90 Å². The van der Waals surface area contributed by atoms with Gasteiger partial charge in [-0.1, -0.05) is 101 Å². The van der Waals surface area contributed by atoms with Gasteiger partial charge in [-0.3, -0.25) is 14.5 Å². The predicted molar refractivity (Wildman–Crippen MR) is 123 cm³/mol. The van der Waals surface area contributed by atoms with Crippen LogP contribution in [0.2, 0.25) is 0 Å². The van der Waals surface area contributed by atoms with Crippen LogP contribution in [0.3, 0.4) is 0 Å². The van der Waals surface area contributed by atoms with Crippen molar-refractivity contribution < 1.29 is 14.4 Å². The number of carbonyl (C=O) groups is 3. The fourth-order valence-corrected chi connectivity index (χ4v) is 4.49. The normalized spacial score (nSPS) is 19.3. The molecule has 1 aliphatic rings. The Morgan fingerprint density at radius 1 is 0.667 bits per heavy atom. The lowest BCUT2D eigenvalue weighted by Crippen LogP contribution is -2.67. The molecular formula is C24H19IN2O3. The number of imide groups is 2. The Hall–Kier alpha value is -3.00. The van der Waals surface area contributed by atoms with Crippen molar-refractivity contribution in [2.24, 2.45) is 0 Å². The molecule has 0 aliphatic carbocycles.